The highest BCUT2D eigenvalue weighted by molar-refractivity contribution is 7.93. The van der Waals surface area contributed by atoms with E-state index in [1.54, 1.807) is 55.5 Å². The molecule has 8 nitrogen and oxygen atoms in total. The van der Waals surface area contributed by atoms with Crippen molar-refractivity contribution >= 4 is 33.3 Å². The summed E-state index contributed by atoms with van der Waals surface area (Å²) in [6, 6.07) is 24.1. The predicted molar refractivity (Wildman–Crippen MR) is 159 cm³/mol. The lowest BCUT2D eigenvalue weighted by Crippen LogP contribution is -2.47. The van der Waals surface area contributed by atoms with Gasteiger partial charge in [0.15, 0.2) is 0 Å². The molecule has 0 aliphatic carbocycles. The molecule has 0 saturated heterocycles. The third-order valence-electron chi connectivity index (χ3n) is 7.26. The number of nitrogens with zero attached hydrogens (tertiary/aromatic N) is 1. The number of sulfonamides is 1. The second-order valence-corrected chi connectivity index (χ2v) is 11.9. The maximum Gasteiger partial charge on any atom is 0.305 e. The van der Waals surface area contributed by atoms with Crippen molar-refractivity contribution in [3.8, 4) is 11.1 Å². The van der Waals surface area contributed by atoms with Crippen LogP contribution in [0.25, 0.3) is 11.1 Å². The van der Waals surface area contributed by atoms with Crippen molar-refractivity contribution in [2.45, 2.75) is 37.2 Å². The molecule has 42 heavy (non-hydrogen) atoms. The smallest absolute Gasteiger partial charge is 0.305 e. The molecule has 5 rings (SSSR count). The van der Waals surface area contributed by atoms with E-state index in [1.807, 2.05) is 24.3 Å². The van der Waals surface area contributed by atoms with Gasteiger partial charge < -0.3 is 15.7 Å². The SMILES string of the molecule is Cc1cc(S(=O)(=O)N2c3ccccc3C[C@H]2C(=O)NCc2ccccc2NCCC(=O)O)ccc1-c1ccc(F)cc1. The minimum atomic E-state index is -4.14. The number of carbonyl (C=O) groups excluding carboxylic acids is 1. The van der Waals surface area contributed by atoms with Gasteiger partial charge in [0.05, 0.1) is 17.0 Å². The number of hydrogen-bond donors (Lipinski definition) is 3. The van der Waals surface area contributed by atoms with Crippen molar-refractivity contribution in [1.82, 2.24) is 5.32 Å². The molecule has 0 radical (unpaired) electrons. The summed E-state index contributed by atoms with van der Waals surface area (Å²) in [4.78, 5) is 24.5. The number of carboxylic acid groups (broad SMARTS) is 1. The number of carboxylic acids is 1. The Morgan fingerprint density at radius 3 is 2.43 bits per heavy atom. The largest absolute Gasteiger partial charge is 0.481 e. The maximum absolute atomic E-state index is 14.1. The van der Waals surface area contributed by atoms with Crippen LogP contribution in [0, 0.1) is 12.7 Å². The van der Waals surface area contributed by atoms with Crippen molar-refractivity contribution in [1.29, 1.82) is 0 Å². The molecule has 4 aromatic carbocycles. The molecule has 1 aliphatic heterocycles. The van der Waals surface area contributed by atoms with Crippen LogP contribution in [0.3, 0.4) is 0 Å². The average Bonchev–Trinajstić information content (AvgIpc) is 3.38. The summed E-state index contributed by atoms with van der Waals surface area (Å²) in [6.07, 6.45) is 0.157. The zero-order chi connectivity index (χ0) is 29.9. The van der Waals surface area contributed by atoms with Gasteiger partial charge in [-0.3, -0.25) is 13.9 Å². The van der Waals surface area contributed by atoms with Crippen molar-refractivity contribution in [3.63, 3.8) is 0 Å². The Morgan fingerprint density at radius 1 is 0.976 bits per heavy atom. The van der Waals surface area contributed by atoms with Crippen LogP contribution < -0.4 is 14.9 Å². The van der Waals surface area contributed by atoms with Crippen molar-refractivity contribution in [2.24, 2.45) is 0 Å². The molecule has 0 aromatic heterocycles. The third-order valence-corrected chi connectivity index (χ3v) is 9.08. The monoisotopic (exact) mass is 587 g/mol. The predicted octanol–water partition coefficient (Wildman–Crippen LogP) is 5.12. The van der Waals surface area contributed by atoms with Gasteiger partial charge in [-0.1, -0.05) is 54.6 Å². The second kappa shape index (κ2) is 12.0. The minimum absolute atomic E-state index is 0.0494. The van der Waals surface area contributed by atoms with E-state index in [-0.39, 0.29) is 36.6 Å². The Kier molecular flexibility index (Phi) is 8.26. The molecule has 0 unspecified atom stereocenters. The molecule has 0 saturated carbocycles. The molecule has 10 heteroatoms. The van der Waals surface area contributed by atoms with Gasteiger partial charge in [0.25, 0.3) is 10.0 Å². The molecule has 0 spiro atoms. The van der Waals surface area contributed by atoms with E-state index < -0.39 is 27.9 Å². The van der Waals surface area contributed by atoms with Crippen LogP contribution in [0.1, 0.15) is 23.1 Å². The van der Waals surface area contributed by atoms with Crippen molar-refractivity contribution in [2.75, 3.05) is 16.2 Å². The summed E-state index contributed by atoms with van der Waals surface area (Å²) < 4.78 is 42.8. The van der Waals surface area contributed by atoms with Crippen LogP contribution in [0.5, 0.6) is 0 Å². The highest BCUT2D eigenvalue weighted by atomic mass is 32.2. The Balaban J connectivity index is 1.40. The zero-order valence-electron chi connectivity index (χ0n) is 22.9. The van der Waals surface area contributed by atoms with E-state index in [2.05, 4.69) is 10.6 Å². The van der Waals surface area contributed by atoms with Gasteiger partial charge in [-0.25, -0.2) is 12.8 Å². The minimum Gasteiger partial charge on any atom is -0.481 e. The second-order valence-electron chi connectivity index (χ2n) is 10.1. The van der Waals surface area contributed by atoms with Crippen molar-refractivity contribution in [3.05, 3.63) is 114 Å². The summed E-state index contributed by atoms with van der Waals surface area (Å²) in [5.41, 5.74) is 4.87. The Hall–Kier alpha value is -4.70. The molecule has 4 aromatic rings. The van der Waals surface area contributed by atoms with Gasteiger partial charge in [-0.05, 0) is 71.1 Å². The lowest BCUT2D eigenvalue weighted by atomic mass is 10.0. The first-order chi connectivity index (χ1) is 20.1. The van der Waals surface area contributed by atoms with Crippen LogP contribution in [-0.2, 0) is 32.6 Å². The Morgan fingerprint density at radius 2 is 1.69 bits per heavy atom. The number of halogens is 1. The first kappa shape index (κ1) is 28.8. The number of para-hydroxylation sites is 2. The molecular formula is C32H30FN3O5S. The number of anilines is 2. The fourth-order valence-electron chi connectivity index (χ4n) is 5.17. The fourth-order valence-corrected chi connectivity index (χ4v) is 6.90. The molecule has 216 valence electrons. The maximum atomic E-state index is 14.1. The standard InChI is InChI=1S/C32H30FN3O5S/c1-21-18-26(14-15-27(21)22-10-12-25(33)13-11-22)42(40,41)36-29-9-5-3-6-23(29)19-30(36)32(39)35-20-24-7-2-4-8-28(24)34-17-16-31(37)38/h2-15,18,30,34H,16-17,19-20H2,1H3,(H,35,39)(H,37,38)/t30-/m0/s1. The summed E-state index contributed by atoms with van der Waals surface area (Å²) >= 11 is 0. The normalized spacial score (nSPS) is 14.3. The van der Waals surface area contributed by atoms with E-state index in [0.29, 0.717) is 16.9 Å². The first-order valence-corrected chi connectivity index (χ1v) is 14.9. The number of carbonyl (C=O) groups is 2. The number of nitrogens with one attached hydrogen (secondary N) is 2. The van der Waals surface area contributed by atoms with Crippen molar-refractivity contribution < 1.29 is 27.5 Å². The van der Waals surface area contributed by atoms with Gasteiger partial charge in [0, 0.05) is 25.2 Å². The van der Waals surface area contributed by atoms with E-state index >= 15 is 0 Å². The van der Waals surface area contributed by atoms with Crippen LogP contribution in [-0.4, -0.2) is 38.0 Å². The van der Waals surface area contributed by atoms with Gasteiger partial charge in [0.2, 0.25) is 5.91 Å². The first-order valence-electron chi connectivity index (χ1n) is 13.5. The molecule has 1 heterocycles. The van der Waals surface area contributed by atoms with Crippen LogP contribution in [0.15, 0.2) is 95.9 Å². The summed E-state index contributed by atoms with van der Waals surface area (Å²) in [5, 5.41) is 14.9. The highest BCUT2D eigenvalue weighted by Gasteiger charge is 2.42. The highest BCUT2D eigenvalue weighted by Crippen LogP contribution is 2.38. The topological polar surface area (TPSA) is 116 Å². The van der Waals surface area contributed by atoms with Crippen LogP contribution >= 0.6 is 0 Å². The molecule has 1 atom stereocenters. The van der Waals surface area contributed by atoms with E-state index in [0.717, 1.165) is 22.3 Å². The lowest BCUT2D eigenvalue weighted by molar-refractivity contribution is -0.136. The molecule has 0 fully saturated rings. The summed E-state index contributed by atoms with van der Waals surface area (Å²) in [7, 11) is -4.14. The molecule has 1 amide bonds. The molecule has 1 aliphatic rings. The summed E-state index contributed by atoms with van der Waals surface area (Å²) in [5.74, 6) is -1.73. The van der Waals surface area contributed by atoms with E-state index in [9.17, 15) is 22.4 Å². The molecule has 0 bridgehead atoms. The molecule has 3 N–H and O–H groups in total. The summed E-state index contributed by atoms with van der Waals surface area (Å²) in [6.45, 7) is 2.15. The van der Waals surface area contributed by atoms with Crippen LogP contribution in [0.2, 0.25) is 0 Å². The van der Waals surface area contributed by atoms with Crippen LogP contribution in [0.4, 0.5) is 15.8 Å². The number of rotatable bonds is 10. The van der Waals surface area contributed by atoms with E-state index in [1.165, 1.54) is 22.5 Å². The number of hydrogen-bond acceptors (Lipinski definition) is 5. The Bertz CT molecular complexity index is 1740. The Labute approximate surface area is 243 Å². The number of aliphatic carboxylic acids is 1. The van der Waals surface area contributed by atoms with Gasteiger partial charge in [-0.15, -0.1) is 0 Å². The number of fused-ring (bicyclic) bond motifs is 1. The quantitative estimate of drug-likeness (QED) is 0.237. The zero-order valence-corrected chi connectivity index (χ0v) is 23.7. The average molecular weight is 588 g/mol. The number of aryl methyl sites for hydroxylation is 1. The third kappa shape index (κ3) is 5.99. The number of amides is 1. The fraction of sp³-hybridized carbons (Fsp3) is 0.188. The van der Waals surface area contributed by atoms with Gasteiger partial charge in [0.1, 0.15) is 11.9 Å². The van der Waals surface area contributed by atoms with Gasteiger partial charge >= 0.3 is 5.97 Å². The van der Waals surface area contributed by atoms with E-state index in [4.69, 9.17) is 5.11 Å². The lowest BCUT2D eigenvalue weighted by Gasteiger charge is -2.27. The number of benzene rings is 4. The molecular weight excluding hydrogens is 557 g/mol. The van der Waals surface area contributed by atoms with Gasteiger partial charge in [-0.2, -0.15) is 0 Å².